The summed E-state index contributed by atoms with van der Waals surface area (Å²) in [4.78, 5) is 25.3. The number of aryl methyl sites for hydroxylation is 1. The summed E-state index contributed by atoms with van der Waals surface area (Å²) in [6.07, 6.45) is 5.19. The van der Waals surface area contributed by atoms with Gasteiger partial charge in [-0.3, -0.25) is 9.78 Å². The topological polar surface area (TPSA) is 67.8 Å². The quantitative estimate of drug-likeness (QED) is 0.368. The standard InChI is InChI=1S/C21H17ClN4OS/c22-19-6-4-15-12-16(3-5-17(15)25-19)21(27)24-9-1-2-20-26-18(13-28-20)14-7-10-23-11-8-14/h3-8,10-13H,1-2,9H2,(H,24,27). The highest BCUT2D eigenvalue weighted by Gasteiger charge is 2.08. The van der Waals surface area contributed by atoms with Gasteiger partial charge < -0.3 is 5.32 Å². The van der Waals surface area contributed by atoms with E-state index < -0.39 is 0 Å². The highest BCUT2D eigenvalue weighted by molar-refractivity contribution is 7.09. The average Bonchev–Trinajstić information content (AvgIpc) is 3.20. The molecule has 1 amide bonds. The van der Waals surface area contributed by atoms with Crippen LogP contribution in [0.15, 0.2) is 60.2 Å². The van der Waals surface area contributed by atoms with E-state index in [9.17, 15) is 4.79 Å². The molecule has 1 N–H and O–H groups in total. The highest BCUT2D eigenvalue weighted by atomic mass is 35.5. The molecule has 7 heteroatoms. The van der Waals surface area contributed by atoms with Gasteiger partial charge in [0.05, 0.1) is 16.2 Å². The van der Waals surface area contributed by atoms with Gasteiger partial charge in [-0.2, -0.15) is 0 Å². The summed E-state index contributed by atoms with van der Waals surface area (Å²) in [6, 6.07) is 12.9. The number of carbonyl (C=O) groups excluding carboxylic acids is 1. The Labute approximate surface area is 171 Å². The number of nitrogens with zero attached hydrogens (tertiary/aromatic N) is 3. The molecule has 0 fully saturated rings. The lowest BCUT2D eigenvalue weighted by molar-refractivity contribution is 0.0953. The Bertz CT molecular complexity index is 1110. The molecule has 0 spiro atoms. The van der Waals surface area contributed by atoms with Crippen LogP contribution in [-0.2, 0) is 6.42 Å². The normalized spacial score (nSPS) is 10.9. The molecule has 4 aromatic rings. The van der Waals surface area contributed by atoms with Crippen LogP contribution in [0.3, 0.4) is 0 Å². The van der Waals surface area contributed by atoms with E-state index in [1.54, 1.807) is 35.9 Å². The van der Waals surface area contributed by atoms with Crippen molar-refractivity contribution in [2.45, 2.75) is 12.8 Å². The molecule has 0 atom stereocenters. The van der Waals surface area contributed by atoms with Gasteiger partial charge in [0.1, 0.15) is 5.15 Å². The molecule has 0 saturated heterocycles. The van der Waals surface area contributed by atoms with E-state index in [1.165, 1.54) is 0 Å². The van der Waals surface area contributed by atoms with Crippen molar-refractivity contribution in [1.82, 2.24) is 20.3 Å². The molecule has 1 aromatic carbocycles. The van der Waals surface area contributed by atoms with Crippen molar-refractivity contribution in [3.63, 3.8) is 0 Å². The van der Waals surface area contributed by atoms with Crippen LogP contribution in [0.4, 0.5) is 0 Å². The van der Waals surface area contributed by atoms with Crippen LogP contribution in [0.5, 0.6) is 0 Å². The molecule has 0 aliphatic carbocycles. The molecule has 0 bridgehead atoms. The van der Waals surface area contributed by atoms with Crippen LogP contribution < -0.4 is 5.32 Å². The fourth-order valence-corrected chi connectivity index (χ4v) is 3.87. The fraction of sp³-hybridized carbons (Fsp3) is 0.143. The average molecular weight is 409 g/mol. The Balaban J connectivity index is 1.30. The lowest BCUT2D eigenvalue weighted by Gasteiger charge is -2.06. The number of amides is 1. The molecule has 28 heavy (non-hydrogen) atoms. The SMILES string of the molecule is O=C(NCCCc1nc(-c2ccncc2)cs1)c1ccc2nc(Cl)ccc2c1. The fourth-order valence-electron chi connectivity index (χ4n) is 2.87. The number of rotatable bonds is 6. The second kappa shape index (κ2) is 8.46. The number of carbonyl (C=O) groups is 1. The van der Waals surface area contributed by atoms with Crippen LogP contribution >= 0.6 is 22.9 Å². The van der Waals surface area contributed by atoms with Gasteiger partial charge >= 0.3 is 0 Å². The maximum atomic E-state index is 12.4. The second-order valence-corrected chi connectivity index (χ2v) is 7.59. The number of halogens is 1. The smallest absolute Gasteiger partial charge is 0.251 e. The lowest BCUT2D eigenvalue weighted by Crippen LogP contribution is -2.24. The van der Waals surface area contributed by atoms with Gasteiger partial charge in [-0.25, -0.2) is 9.97 Å². The molecule has 5 nitrogen and oxygen atoms in total. The second-order valence-electron chi connectivity index (χ2n) is 6.26. The minimum absolute atomic E-state index is 0.0894. The van der Waals surface area contributed by atoms with Crippen molar-refractivity contribution in [2.75, 3.05) is 6.54 Å². The predicted molar refractivity (Wildman–Crippen MR) is 113 cm³/mol. The van der Waals surface area contributed by atoms with E-state index >= 15 is 0 Å². The summed E-state index contributed by atoms with van der Waals surface area (Å²) in [5.74, 6) is -0.0894. The van der Waals surface area contributed by atoms with Crippen LogP contribution in [0, 0.1) is 0 Å². The highest BCUT2D eigenvalue weighted by Crippen LogP contribution is 2.22. The van der Waals surface area contributed by atoms with Gasteiger partial charge in [-0.1, -0.05) is 11.6 Å². The van der Waals surface area contributed by atoms with Crippen LogP contribution in [0.25, 0.3) is 22.2 Å². The van der Waals surface area contributed by atoms with Gasteiger partial charge in [0, 0.05) is 47.3 Å². The van der Waals surface area contributed by atoms with Crippen molar-refractivity contribution in [2.24, 2.45) is 0 Å². The number of thiazole rings is 1. The maximum absolute atomic E-state index is 12.4. The summed E-state index contributed by atoms with van der Waals surface area (Å²) >= 11 is 7.54. The van der Waals surface area contributed by atoms with E-state index in [4.69, 9.17) is 11.6 Å². The molecule has 0 saturated carbocycles. The largest absolute Gasteiger partial charge is 0.352 e. The van der Waals surface area contributed by atoms with Crippen molar-refractivity contribution < 1.29 is 4.79 Å². The van der Waals surface area contributed by atoms with Crippen LogP contribution in [-0.4, -0.2) is 27.4 Å². The van der Waals surface area contributed by atoms with Gasteiger partial charge in [0.15, 0.2) is 0 Å². The Morgan fingerprint density at radius 2 is 1.93 bits per heavy atom. The van der Waals surface area contributed by atoms with Gasteiger partial charge in [0.25, 0.3) is 5.91 Å². The third-order valence-electron chi connectivity index (χ3n) is 4.30. The third-order valence-corrected chi connectivity index (χ3v) is 5.42. The third kappa shape index (κ3) is 4.35. The molecule has 0 unspecified atom stereocenters. The van der Waals surface area contributed by atoms with Gasteiger partial charge in [-0.15, -0.1) is 11.3 Å². The molecule has 0 aliphatic heterocycles. The van der Waals surface area contributed by atoms with Crippen LogP contribution in [0.2, 0.25) is 5.15 Å². The number of fused-ring (bicyclic) bond motifs is 1. The van der Waals surface area contributed by atoms with Crippen LogP contribution in [0.1, 0.15) is 21.8 Å². The van der Waals surface area contributed by atoms with Crippen molar-refractivity contribution in [3.05, 3.63) is 76.0 Å². The summed E-state index contributed by atoms with van der Waals surface area (Å²) < 4.78 is 0. The van der Waals surface area contributed by atoms with E-state index in [0.717, 1.165) is 40.0 Å². The predicted octanol–water partition coefficient (Wildman–Crippen LogP) is 4.77. The molecule has 0 aliphatic rings. The summed E-state index contributed by atoms with van der Waals surface area (Å²) in [5.41, 5.74) is 3.43. The zero-order valence-electron chi connectivity index (χ0n) is 14.9. The van der Waals surface area contributed by atoms with E-state index in [1.807, 2.05) is 30.3 Å². The van der Waals surface area contributed by atoms with Crippen molar-refractivity contribution in [1.29, 1.82) is 0 Å². The molecular weight excluding hydrogens is 392 g/mol. The Hall–Kier alpha value is -2.83. The molecule has 4 rings (SSSR count). The lowest BCUT2D eigenvalue weighted by atomic mass is 10.1. The number of pyridine rings is 2. The van der Waals surface area contributed by atoms with Crippen molar-refractivity contribution in [3.8, 4) is 11.3 Å². The summed E-state index contributed by atoms with van der Waals surface area (Å²) in [7, 11) is 0. The molecule has 140 valence electrons. The molecule has 3 heterocycles. The van der Waals surface area contributed by atoms with Gasteiger partial charge in [0.2, 0.25) is 0 Å². The van der Waals surface area contributed by atoms with E-state index in [2.05, 4.69) is 25.6 Å². The monoisotopic (exact) mass is 408 g/mol. The maximum Gasteiger partial charge on any atom is 0.251 e. The zero-order valence-corrected chi connectivity index (χ0v) is 16.5. The molecule has 0 radical (unpaired) electrons. The first-order valence-corrected chi connectivity index (χ1v) is 10.1. The van der Waals surface area contributed by atoms with E-state index in [0.29, 0.717) is 17.3 Å². The summed E-state index contributed by atoms with van der Waals surface area (Å²) in [5, 5.41) is 7.42. The Morgan fingerprint density at radius 1 is 1.07 bits per heavy atom. The molecular formula is C21H17ClN4OS. The first-order valence-electron chi connectivity index (χ1n) is 8.88. The minimum atomic E-state index is -0.0894. The number of nitrogens with one attached hydrogen (secondary N) is 1. The number of benzene rings is 1. The number of aromatic nitrogens is 3. The number of hydrogen-bond donors (Lipinski definition) is 1. The minimum Gasteiger partial charge on any atom is -0.352 e. The zero-order chi connectivity index (χ0) is 19.3. The Morgan fingerprint density at radius 3 is 2.79 bits per heavy atom. The molecule has 3 aromatic heterocycles. The first-order chi connectivity index (χ1) is 13.7. The van der Waals surface area contributed by atoms with Gasteiger partial charge in [-0.05, 0) is 48.9 Å². The Kier molecular flexibility index (Phi) is 5.60. The van der Waals surface area contributed by atoms with Crippen molar-refractivity contribution >= 4 is 39.7 Å². The summed E-state index contributed by atoms with van der Waals surface area (Å²) in [6.45, 7) is 0.597. The van der Waals surface area contributed by atoms with E-state index in [-0.39, 0.29) is 5.91 Å². The number of hydrogen-bond acceptors (Lipinski definition) is 5. The first kappa shape index (κ1) is 18.5.